The van der Waals surface area contributed by atoms with Crippen LogP contribution in [0.3, 0.4) is 0 Å². The van der Waals surface area contributed by atoms with Crippen molar-refractivity contribution in [1.82, 2.24) is 4.98 Å². The van der Waals surface area contributed by atoms with Crippen LogP contribution in [0.5, 0.6) is 0 Å². The SMILES string of the molecule is O=C(Nc1ccc(F)c(Cl)c1)c1cc[nH]c1. The highest BCUT2D eigenvalue weighted by atomic mass is 35.5. The second kappa shape index (κ2) is 4.37. The zero-order chi connectivity index (χ0) is 11.5. The third-order valence-corrected chi connectivity index (χ3v) is 2.33. The number of anilines is 1. The van der Waals surface area contributed by atoms with Gasteiger partial charge in [0.15, 0.2) is 0 Å². The molecule has 82 valence electrons. The molecule has 0 aliphatic carbocycles. The van der Waals surface area contributed by atoms with E-state index in [9.17, 15) is 9.18 Å². The fraction of sp³-hybridized carbons (Fsp3) is 0. The third kappa shape index (κ3) is 2.23. The Kier molecular flexibility index (Phi) is 2.92. The molecule has 2 aromatic rings. The number of aromatic amines is 1. The summed E-state index contributed by atoms with van der Waals surface area (Å²) < 4.78 is 12.9. The number of hydrogen-bond donors (Lipinski definition) is 2. The number of nitrogens with one attached hydrogen (secondary N) is 2. The number of carbonyl (C=O) groups is 1. The van der Waals surface area contributed by atoms with Gasteiger partial charge >= 0.3 is 0 Å². The third-order valence-electron chi connectivity index (χ3n) is 2.04. The van der Waals surface area contributed by atoms with Crippen LogP contribution in [0.25, 0.3) is 0 Å². The summed E-state index contributed by atoms with van der Waals surface area (Å²) in [5, 5.41) is 2.58. The van der Waals surface area contributed by atoms with Crippen molar-refractivity contribution in [2.45, 2.75) is 0 Å². The lowest BCUT2D eigenvalue weighted by Crippen LogP contribution is -2.10. The summed E-state index contributed by atoms with van der Waals surface area (Å²) >= 11 is 5.59. The van der Waals surface area contributed by atoms with E-state index < -0.39 is 5.82 Å². The quantitative estimate of drug-likeness (QED) is 0.830. The Morgan fingerprint density at radius 2 is 2.19 bits per heavy atom. The van der Waals surface area contributed by atoms with Crippen LogP contribution in [-0.4, -0.2) is 10.9 Å². The van der Waals surface area contributed by atoms with Gasteiger partial charge in [0.25, 0.3) is 5.91 Å². The monoisotopic (exact) mass is 238 g/mol. The first kappa shape index (κ1) is 10.7. The molecule has 0 spiro atoms. The van der Waals surface area contributed by atoms with E-state index in [0.717, 1.165) is 0 Å². The Labute approximate surface area is 96.2 Å². The summed E-state index contributed by atoms with van der Waals surface area (Å²) in [7, 11) is 0. The topological polar surface area (TPSA) is 44.9 Å². The summed E-state index contributed by atoms with van der Waals surface area (Å²) in [5.74, 6) is -0.787. The average Bonchev–Trinajstić information content (AvgIpc) is 2.77. The van der Waals surface area contributed by atoms with Crippen molar-refractivity contribution >= 4 is 23.2 Å². The van der Waals surface area contributed by atoms with Crippen LogP contribution in [0.2, 0.25) is 5.02 Å². The molecule has 0 saturated carbocycles. The van der Waals surface area contributed by atoms with E-state index in [1.54, 1.807) is 18.5 Å². The molecule has 1 amide bonds. The maximum atomic E-state index is 12.9. The molecule has 3 nitrogen and oxygen atoms in total. The Hall–Kier alpha value is -1.81. The molecule has 0 aliphatic rings. The molecule has 0 fully saturated rings. The average molecular weight is 239 g/mol. The number of rotatable bonds is 2. The van der Waals surface area contributed by atoms with Crippen LogP contribution >= 0.6 is 11.6 Å². The number of carbonyl (C=O) groups excluding carboxylic acids is 1. The van der Waals surface area contributed by atoms with E-state index >= 15 is 0 Å². The Morgan fingerprint density at radius 1 is 1.38 bits per heavy atom. The summed E-state index contributed by atoms with van der Waals surface area (Å²) in [4.78, 5) is 14.4. The van der Waals surface area contributed by atoms with Crippen LogP contribution in [0.15, 0.2) is 36.7 Å². The minimum atomic E-state index is -0.513. The van der Waals surface area contributed by atoms with Gasteiger partial charge in [-0.3, -0.25) is 4.79 Å². The van der Waals surface area contributed by atoms with E-state index in [0.29, 0.717) is 11.3 Å². The van der Waals surface area contributed by atoms with Crippen LogP contribution in [0, 0.1) is 5.82 Å². The van der Waals surface area contributed by atoms with Crippen LogP contribution in [-0.2, 0) is 0 Å². The smallest absolute Gasteiger partial charge is 0.257 e. The van der Waals surface area contributed by atoms with Crippen molar-refractivity contribution in [3.05, 3.63) is 53.1 Å². The van der Waals surface area contributed by atoms with Gasteiger partial charge in [-0.1, -0.05) is 11.6 Å². The molecule has 0 aliphatic heterocycles. The second-order valence-corrected chi connectivity index (χ2v) is 3.59. The molecule has 1 aromatic carbocycles. The molecule has 0 atom stereocenters. The van der Waals surface area contributed by atoms with Crippen LogP contribution < -0.4 is 5.32 Å². The molecule has 5 heteroatoms. The van der Waals surface area contributed by atoms with Crippen molar-refractivity contribution in [2.75, 3.05) is 5.32 Å². The molecule has 16 heavy (non-hydrogen) atoms. The summed E-state index contributed by atoms with van der Waals surface area (Å²) in [5.41, 5.74) is 0.957. The molecule has 0 radical (unpaired) electrons. The highest BCUT2D eigenvalue weighted by Crippen LogP contribution is 2.19. The van der Waals surface area contributed by atoms with Crippen molar-refractivity contribution in [3.8, 4) is 0 Å². The number of benzene rings is 1. The van der Waals surface area contributed by atoms with Gasteiger partial charge in [0.2, 0.25) is 0 Å². The minimum absolute atomic E-state index is 0.0214. The van der Waals surface area contributed by atoms with E-state index in [1.807, 2.05) is 0 Å². The maximum Gasteiger partial charge on any atom is 0.257 e. The summed E-state index contributed by atoms with van der Waals surface area (Å²) in [6.45, 7) is 0. The van der Waals surface area contributed by atoms with Crippen molar-refractivity contribution in [1.29, 1.82) is 0 Å². The molecule has 0 unspecified atom stereocenters. The Morgan fingerprint density at radius 3 is 2.81 bits per heavy atom. The van der Waals surface area contributed by atoms with Gasteiger partial charge < -0.3 is 10.3 Å². The first-order valence-electron chi connectivity index (χ1n) is 4.56. The highest BCUT2D eigenvalue weighted by Gasteiger charge is 2.07. The van der Waals surface area contributed by atoms with Gasteiger partial charge in [0, 0.05) is 18.1 Å². The van der Waals surface area contributed by atoms with Gasteiger partial charge in [-0.2, -0.15) is 0 Å². The highest BCUT2D eigenvalue weighted by molar-refractivity contribution is 6.31. The molecular formula is C11H8ClFN2O. The number of aromatic nitrogens is 1. The number of H-pyrrole nitrogens is 1. The maximum absolute atomic E-state index is 12.9. The first-order valence-corrected chi connectivity index (χ1v) is 4.94. The number of amides is 1. The summed E-state index contributed by atoms with van der Waals surface area (Å²) in [6.07, 6.45) is 3.22. The molecule has 2 N–H and O–H groups in total. The lowest BCUT2D eigenvalue weighted by Gasteiger charge is -2.04. The molecular weight excluding hydrogens is 231 g/mol. The Balaban J connectivity index is 2.15. The van der Waals surface area contributed by atoms with E-state index in [2.05, 4.69) is 10.3 Å². The standard InChI is InChI=1S/C11H8ClFN2O/c12-9-5-8(1-2-10(9)13)15-11(16)7-3-4-14-6-7/h1-6,14H,(H,15,16). The van der Waals surface area contributed by atoms with Crippen molar-refractivity contribution in [3.63, 3.8) is 0 Å². The number of hydrogen-bond acceptors (Lipinski definition) is 1. The molecule has 1 heterocycles. The zero-order valence-electron chi connectivity index (χ0n) is 8.13. The Bertz CT molecular complexity index is 511. The predicted octanol–water partition coefficient (Wildman–Crippen LogP) is 3.06. The van der Waals surface area contributed by atoms with Crippen LogP contribution in [0.1, 0.15) is 10.4 Å². The zero-order valence-corrected chi connectivity index (χ0v) is 8.88. The largest absolute Gasteiger partial charge is 0.367 e. The lowest BCUT2D eigenvalue weighted by molar-refractivity contribution is 0.102. The minimum Gasteiger partial charge on any atom is -0.367 e. The first-order chi connectivity index (χ1) is 7.66. The van der Waals surface area contributed by atoms with Crippen molar-refractivity contribution in [2.24, 2.45) is 0 Å². The molecule has 0 saturated heterocycles. The van der Waals surface area contributed by atoms with E-state index in [-0.39, 0.29) is 10.9 Å². The molecule has 2 rings (SSSR count). The number of halogens is 2. The van der Waals surface area contributed by atoms with Gasteiger partial charge in [0.1, 0.15) is 5.82 Å². The second-order valence-electron chi connectivity index (χ2n) is 3.18. The van der Waals surface area contributed by atoms with Gasteiger partial charge in [-0.15, -0.1) is 0 Å². The fourth-order valence-electron chi connectivity index (χ4n) is 1.24. The van der Waals surface area contributed by atoms with Gasteiger partial charge in [-0.25, -0.2) is 4.39 Å². The molecule has 1 aromatic heterocycles. The lowest BCUT2D eigenvalue weighted by atomic mass is 10.2. The van der Waals surface area contributed by atoms with E-state index in [4.69, 9.17) is 11.6 Å². The van der Waals surface area contributed by atoms with Crippen LogP contribution in [0.4, 0.5) is 10.1 Å². The van der Waals surface area contributed by atoms with E-state index in [1.165, 1.54) is 18.2 Å². The predicted molar refractivity (Wildman–Crippen MR) is 60.2 cm³/mol. The molecule has 0 bridgehead atoms. The van der Waals surface area contributed by atoms with Crippen molar-refractivity contribution < 1.29 is 9.18 Å². The summed E-state index contributed by atoms with van der Waals surface area (Å²) in [6, 6.07) is 5.66. The van der Waals surface area contributed by atoms with Gasteiger partial charge in [0.05, 0.1) is 10.6 Å². The van der Waals surface area contributed by atoms with Gasteiger partial charge in [-0.05, 0) is 24.3 Å². The fourth-order valence-corrected chi connectivity index (χ4v) is 1.42. The normalized spacial score (nSPS) is 10.1.